The highest BCUT2D eigenvalue weighted by molar-refractivity contribution is 9.10. The van der Waals surface area contributed by atoms with Gasteiger partial charge in [-0.2, -0.15) is 0 Å². The van der Waals surface area contributed by atoms with Crippen LogP contribution in [0.1, 0.15) is 52.5 Å². The lowest BCUT2D eigenvalue weighted by molar-refractivity contribution is -0.158. The van der Waals surface area contributed by atoms with E-state index in [0.29, 0.717) is 22.9 Å². The van der Waals surface area contributed by atoms with Crippen molar-refractivity contribution in [1.29, 1.82) is 0 Å². The lowest BCUT2D eigenvalue weighted by Gasteiger charge is -2.29. The number of halogens is 1. The number of benzene rings is 3. The molecule has 186 valence electrons. The Morgan fingerprint density at radius 2 is 1.64 bits per heavy atom. The zero-order chi connectivity index (χ0) is 26.0. The van der Waals surface area contributed by atoms with Gasteiger partial charge < -0.3 is 9.84 Å². The fourth-order valence-electron chi connectivity index (χ4n) is 4.92. The van der Waals surface area contributed by atoms with Crippen molar-refractivity contribution in [2.24, 2.45) is 11.8 Å². The molecule has 0 saturated heterocycles. The van der Waals surface area contributed by atoms with Crippen molar-refractivity contribution in [3.05, 3.63) is 81.8 Å². The van der Waals surface area contributed by atoms with E-state index in [1.54, 1.807) is 24.3 Å². The van der Waals surface area contributed by atoms with E-state index < -0.39 is 35.6 Å². The van der Waals surface area contributed by atoms with Gasteiger partial charge in [0.15, 0.2) is 0 Å². The Morgan fingerprint density at radius 3 is 2.28 bits per heavy atom. The number of hydrogen-bond donors (Lipinski definition) is 1. The monoisotopic (exact) mass is 551 g/mol. The summed E-state index contributed by atoms with van der Waals surface area (Å²) >= 11 is 3.47. The summed E-state index contributed by atoms with van der Waals surface area (Å²) in [6.07, 6.45) is 0.543. The van der Waals surface area contributed by atoms with E-state index in [9.17, 15) is 24.3 Å². The highest BCUT2D eigenvalue weighted by Crippen LogP contribution is 2.36. The number of aliphatic carboxylic acids is 1. The summed E-state index contributed by atoms with van der Waals surface area (Å²) in [6, 6.07) is 18.0. The predicted molar refractivity (Wildman–Crippen MR) is 138 cm³/mol. The Kier molecular flexibility index (Phi) is 7.54. The summed E-state index contributed by atoms with van der Waals surface area (Å²) in [4.78, 5) is 52.4. The second-order valence-corrected chi connectivity index (χ2v) is 9.68. The summed E-state index contributed by atoms with van der Waals surface area (Å²) in [5.41, 5.74) is 1.66. The maximum Gasteiger partial charge on any atom is 0.310 e. The number of hydrogen-bond acceptors (Lipinski definition) is 5. The smallest absolute Gasteiger partial charge is 0.310 e. The van der Waals surface area contributed by atoms with E-state index in [-0.39, 0.29) is 19.1 Å². The van der Waals surface area contributed by atoms with Crippen molar-refractivity contribution < 1.29 is 29.0 Å². The topological polar surface area (TPSA) is 101 Å². The lowest BCUT2D eigenvalue weighted by atomic mass is 9.77. The summed E-state index contributed by atoms with van der Waals surface area (Å²) < 4.78 is 6.29. The third kappa shape index (κ3) is 4.65. The Balaban J connectivity index is 1.52. The number of nitrogens with zero attached hydrogens (tertiary/aromatic N) is 1. The Labute approximate surface area is 217 Å². The van der Waals surface area contributed by atoms with Crippen molar-refractivity contribution in [3.63, 3.8) is 0 Å². The molecule has 3 atom stereocenters. The third-order valence-corrected chi connectivity index (χ3v) is 7.49. The zero-order valence-corrected chi connectivity index (χ0v) is 21.5. The molecule has 3 aromatic carbocycles. The van der Waals surface area contributed by atoms with Gasteiger partial charge in [-0.3, -0.25) is 24.1 Å². The van der Waals surface area contributed by atoms with Gasteiger partial charge >= 0.3 is 11.9 Å². The molecule has 0 saturated carbocycles. The Morgan fingerprint density at radius 1 is 0.972 bits per heavy atom. The highest BCUT2D eigenvalue weighted by atomic mass is 79.9. The molecule has 1 N–H and O–H groups in total. The van der Waals surface area contributed by atoms with Gasteiger partial charge in [0.2, 0.25) is 0 Å². The van der Waals surface area contributed by atoms with Crippen LogP contribution in [0.15, 0.2) is 65.1 Å². The van der Waals surface area contributed by atoms with Crippen molar-refractivity contribution in [1.82, 2.24) is 4.90 Å². The van der Waals surface area contributed by atoms with Crippen molar-refractivity contribution in [2.45, 2.75) is 26.2 Å². The molecule has 1 heterocycles. The number of ether oxygens (including phenoxy) is 1. The Hall–Kier alpha value is -3.52. The van der Waals surface area contributed by atoms with Gasteiger partial charge in [-0.15, -0.1) is 0 Å². The third-order valence-electron chi connectivity index (χ3n) is 6.80. The van der Waals surface area contributed by atoms with Crippen LogP contribution >= 0.6 is 15.9 Å². The molecule has 36 heavy (non-hydrogen) atoms. The van der Waals surface area contributed by atoms with Crippen molar-refractivity contribution in [3.8, 4) is 0 Å². The molecular formula is C28H26BrNO6. The van der Waals surface area contributed by atoms with E-state index in [1.807, 2.05) is 43.3 Å². The molecule has 0 spiro atoms. The van der Waals surface area contributed by atoms with Crippen LogP contribution in [0, 0.1) is 11.8 Å². The van der Waals surface area contributed by atoms with Gasteiger partial charge in [0, 0.05) is 21.0 Å². The first-order chi connectivity index (χ1) is 17.3. The number of carbonyl (C=O) groups excluding carboxylic acids is 3. The van der Waals surface area contributed by atoms with E-state index in [1.165, 1.54) is 6.92 Å². The molecular weight excluding hydrogens is 526 g/mol. The SMILES string of the molecule is CCC(c1ccccc1)C(C(=O)OCCN1C(=O)c2cccc3c(Br)ccc(c23)C1=O)C(C)C(=O)O. The van der Waals surface area contributed by atoms with E-state index >= 15 is 0 Å². The summed E-state index contributed by atoms with van der Waals surface area (Å²) in [6.45, 7) is 3.03. The van der Waals surface area contributed by atoms with Gasteiger partial charge in [-0.25, -0.2) is 0 Å². The van der Waals surface area contributed by atoms with Crippen molar-refractivity contribution >= 4 is 50.5 Å². The average Bonchev–Trinajstić information content (AvgIpc) is 2.88. The van der Waals surface area contributed by atoms with Crippen LogP contribution in [-0.4, -0.2) is 46.9 Å². The number of carbonyl (C=O) groups is 4. The van der Waals surface area contributed by atoms with Gasteiger partial charge in [-0.1, -0.05) is 72.2 Å². The number of rotatable bonds is 9. The molecule has 4 rings (SSSR count). The number of esters is 1. The van der Waals surface area contributed by atoms with Gasteiger partial charge in [-0.05, 0) is 41.5 Å². The first kappa shape index (κ1) is 25.6. The van der Waals surface area contributed by atoms with E-state index in [4.69, 9.17) is 4.74 Å². The lowest BCUT2D eigenvalue weighted by Crippen LogP contribution is -2.43. The van der Waals surface area contributed by atoms with Crippen molar-refractivity contribution in [2.75, 3.05) is 13.2 Å². The molecule has 0 fully saturated rings. The van der Waals surface area contributed by atoms with Crippen LogP contribution in [0.4, 0.5) is 0 Å². The fourth-order valence-corrected chi connectivity index (χ4v) is 5.38. The van der Waals surface area contributed by atoms with Crippen LogP contribution in [0.5, 0.6) is 0 Å². The average molecular weight is 552 g/mol. The van der Waals surface area contributed by atoms with Crippen LogP contribution in [-0.2, 0) is 14.3 Å². The molecule has 2 amide bonds. The minimum absolute atomic E-state index is 0.133. The quantitative estimate of drug-likeness (QED) is 0.287. The molecule has 3 unspecified atom stereocenters. The molecule has 0 radical (unpaired) electrons. The molecule has 7 nitrogen and oxygen atoms in total. The number of amides is 2. The number of carboxylic acid groups (broad SMARTS) is 1. The molecule has 0 bridgehead atoms. The van der Waals surface area contributed by atoms with E-state index in [0.717, 1.165) is 20.3 Å². The minimum atomic E-state index is -1.09. The second-order valence-electron chi connectivity index (χ2n) is 8.83. The van der Waals surface area contributed by atoms with Crippen LogP contribution in [0.2, 0.25) is 0 Å². The van der Waals surface area contributed by atoms with Gasteiger partial charge in [0.25, 0.3) is 11.8 Å². The minimum Gasteiger partial charge on any atom is -0.481 e. The van der Waals surface area contributed by atoms with Gasteiger partial charge in [0.05, 0.1) is 18.4 Å². The molecule has 1 aliphatic heterocycles. The fraction of sp³-hybridized carbons (Fsp3) is 0.286. The zero-order valence-electron chi connectivity index (χ0n) is 19.9. The highest BCUT2D eigenvalue weighted by Gasteiger charge is 2.39. The molecule has 0 aromatic heterocycles. The number of imide groups is 1. The summed E-state index contributed by atoms with van der Waals surface area (Å²) in [5.74, 6) is -4.94. The summed E-state index contributed by atoms with van der Waals surface area (Å²) in [5, 5.41) is 11.0. The first-order valence-electron chi connectivity index (χ1n) is 11.8. The number of carboxylic acids is 1. The molecule has 3 aromatic rings. The standard InChI is InChI=1S/C28H26BrNO6/c1-3-18(17-8-5-4-6-9-17)23(16(2)27(33)34)28(35)36-15-14-30-25(31)20-11-7-10-19-22(29)13-12-21(24(19)20)26(30)32/h4-13,16,18,23H,3,14-15H2,1-2H3,(H,33,34). The first-order valence-corrected chi connectivity index (χ1v) is 12.6. The second kappa shape index (κ2) is 10.6. The van der Waals surface area contributed by atoms with Crippen LogP contribution in [0.3, 0.4) is 0 Å². The maximum atomic E-state index is 13.2. The van der Waals surface area contributed by atoms with Crippen LogP contribution in [0.25, 0.3) is 10.8 Å². The normalized spacial score (nSPS) is 15.5. The maximum absolute atomic E-state index is 13.2. The molecule has 1 aliphatic rings. The van der Waals surface area contributed by atoms with E-state index in [2.05, 4.69) is 15.9 Å². The molecule has 0 aliphatic carbocycles. The summed E-state index contributed by atoms with van der Waals surface area (Å²) in [7, 11) is 0. The van der Waals surface area contributed by atoms with Gasteiger partial charge in [0.1, 0.15) is 6.61 Å². The predicted octanol–water partition coefficient (Wildman–Crippen LogP) is 5.27. The largest absolute Gasteiger partial charge is 0.481 e. The van der Waals surface area contributed by atoms with Crippen LogP contribution < -0.4 is 0 Å². The molecule has 8 heteroatoms. The Bertz CT molecular complexity index is 1320.